The van der Waals surface area contributed by atoms with Crippen LogP contribution < -0.4 is 0 Å². The third-order valence-electron chi connectivity index (χ3n) is 5.78. The van der Waals surface area contributed by atoms with Gasteiger partial charge in [-0.2, -0.15) is 0 Å². The van der Waals surface area contributed by atoms with Crippen molar-refractivity contribution in [2.75, 3.05) is 39.4 Å². The summed E-state index contributed by atoms with van der Waals surface area (Å²) in [6.07, 6.45) is 8.23. The van der Waals surface area contributed by atoms with Crippen LogP contribution in [0.4, 0.5) is 0 Å². The molecule has 0 amide bonds. The van der Waals surface area contributed by atoms with Gasteiger partial charge < -0.3 is 13.7 Å². The van der Waals surface area contributed by atoms with Crippen molar-refractivity contribution in [3.05, 3.63) is 41.7 Å². The predicted octanol–water partition coefficient (Wildman–Crippen LogP) is 3.65. The summed E-state index contributed by atoms with van der Waals surface area (Å²) in [4.78, 5) is 4.85. The van der Waals surface area contributed by atoms with Crippen molar-refractivity contribution in [2.24, 2.45) is 0 Å². The maximum Gasteiger partial charge on any atom is 0.150 e. The molecular weight excluding hydrogens is 342 g/mol. The second-order valence-corrected chi connectivity index (χ2v) is 7.80. The predicted molar refractivity (Wildman–Crippen MR) is 102 cm³/mol. The molecule has 1 aliphatic carbocycles. The van der Waals surface area contributed by atoms with Crippen LogP contribution in [0.3, 0.4) is 0 Å². The van der Waals surface area contributed by atoms with E-state index in [2.05, 4.69) is 21.0 Å². The number of morpholine rings is 1. The van der Waals surface area contributed by atoms with E-state index >= 15 is 0 Å². The highest BCUT2D eigenvalue weighted by Gasteiger charge is 2.21. The molecule has 2 aromatic rings. The van der Waals surface area contributed by atoms with E-state index in [1.54, 1.807) is 6.26 Å². The van der Waals surface area contributed by atoms with Crippen molar-refractivity contribution in [1.29, 1.82) is 0 Å². The average Bonchev–Trinajstić information content (AvgIpc) is 3.40. The van der Waals surface area contributed by atoms with Crippen LogP contribution in [0.2, 0.25) is 0 Å². The van der Waals surface area contributed by atoms with Gasteiger partial charge in [0.15, 0.2) is 5.76 Å². The number of rotatable bonds is 8. The lowest BCUT2D eigenvalue weighted by atomic mass is 9.87. The molecule has 0 atom stereocenters. The first kappa shape index (κ1) is 18.7. The Hall–Kier alpha value is -1.63. The van der Waals surface area contributed by atoms with Crippen LogP contribution in [0.15, 0.2) is 33.4 Å². The summed E-state index contributed by atoms with van der Waals surface area (Å²) in [6.45, 7) is 7.27. The molecule has 3 heterocycles. The fourth-order valence-corrected chi connectivity index (χ4v) is 4.16. The number of hydrogen-bond acceptors (Lipinski definition) is 6. The number of aromatic nitrogens is 1. The van der Waals surface area contributed by atoms with Crippen molar-refractivity contribution < 1.29 is 13.7 Å². The molecule has 0 spiro atoms. The van der Waals surface area contributed by atoms with Gasteiger partial charge in [-0.3, -0.25) is 9.80 Å². The standard InChI is InChI=1S/C21H31N3O3/c1-2-5-18(6-3-1)21-15-20(27-22-21)17-24(16-19-7-4-12-26-19)9-8-23-10-13-25-14-11-23/h4,7,12,15,18H,1-3,5-6,8-11,13-14,16-17H2. The van der Waals surface area contributed by atoms with Crippen LogP contribution in [-0.2, 0) is 17.8 Å². The molecule has 6 nitrogen and oxygen atoms in total. The summed E-state index contributed by atoms with van der Waals surface area (Å²) >= 11 is 0. The third kappa shape index (κ3) is 5.43. The Morgan fingerprint density at radius 2 is 1.89 bits per heavy atom. The lowest BCUT2D eigenvalue weighted by Crippen LogP contribution is -2.41. The second-order valence-electron chi connectivity index (χ2n) is 7.80. The number of nitrogens with zero attached hydrogens (tertiary/aromatic N) is 3. The number of ether oxygens (including phenoxy) is 1. The van der Waals surface area contributed by atoms with Gasteiger partial charge in [0.25, 0.3) is 0 Å². The summed E-state index contributed by atoms with van der Waals surface area (Å²) in [5.41, 5.74) is 1.15. The molecule has 148 valence electrons. The first-order chi connectivity index (χ1) is 13.4. The van der Waals surface area contributed by atoms with Crippen LogP contribution >= 0.6 is 0 Å². The Morgan fingerprint density at radius 1 is 1.07 bits per heavy atom. The lowest BCUT2D eigenvalue weighted by molar-refractivity contribution is 0.0316. The molecule has 4 rings (SSSR count). The zero-order chi connectivity index (χ0) is 18.3. The highest BCUT2D eigenvalue weighted by molar-refractivity contribution is 5.11. The molecule has 0 N–H and O–H groups in total. The highest BCUT2D eigenvalue weighted by Crippen LogP contribution is 2.32. The van der Waals surface area contributed by atoms with Crippen molar-refractivity contribution in [3.63, 3.8) is 0 Å². The van der Waals surface area contributed by atoms with Crippen LogP contribution in [0, 0.1) is 0 Å². The van der Waals surface area contributed by atoms with E-state index in [0.717, 1.165) is 69.7 Å². The van der Waals surface area contributed by atoms with Gasteiger partial charge in [-0.15, -0.1) is 0 Å². The largest absolute Gasteiger partial charge is 0.468 e. The maximum absolute atomic E-state index is 5.70. The smallest absolute Gasteiger partial charge is 0.150 e. The minimum absolute atomic E-state index is 0.586. The van der Waals surface area contributed by atoms with E-state index in [1.165, 1.54) is 32.1 Å². The molecule has 0 unspecified atom stereocenters. The van der Waals surface area contributed by atoms with E-state index in [4.69, 9.17) is 13.7 Å². The average molecular weight is 373 g/mol. The summed E-state index contributed by atoms with van der Waals surface area (Å²) < 4.78 is 16.7. The minimum Gasteiger partial charge on any atom is -0.468 e. The van der Waals surface area contributed by atoms with Gasteiger partial charge in [-0.25, -0.2) is 0 Å². The van der Waals surface area contributed by atoms with E-state index in [1.807, 2.05) is 12.1 Å². The molecule has 2 aromatic heterocycles. The molecule has 27 heavy (non-hydrogen) atoms. The van der Waals surface area contributed by atoms with Gasteiger partial charge >= 0.3 is 0 Å². The Labute approximate surface area is 161 Å². The van der Waals surface area contributed by atoms with Gasteiger partial charge in [0, 0.05) is 38.2 Å². The summed E-state index contributed by atoms with van der Waals surface area (Å²) in [5, 5.41) is 4.39. The van der Waals surface area contributed by atoms with Crippen LogP contribution in [-0.4, -0.2) is 54.3 Å². The molecule has 0 bridgehead atoms. The van der Waals surface area contributed by atoms with E-state index < -0.39 is 0 Å². The fraction of sp³-hybridized carbons (Fsp3) is 0.667. The van der Waals surface area contributed by atoms with Gasteiger partial charge in [0.2, 0.25) is 0 Å². The van der Waals surface area contributed by atoms with Crippen LogP contribution in [0.1, 0.15) is 55.2 Å². The van der Waals surface area contributed by atoms with Crippen molar-refractivity contribution >= 4 is 0 Å². The van der Waals surface area contributed by atoms with Crippen LogP contribution in [0.5, 0.6) is 0 Å². The summed E-state index contributed by atoms with van der Waals surface area (Å²) in [6, 6.07) is 6.17. The molecule has 0 radical (unpaired) electrons. The Bertz CT molecular complexity index is 658. The first-order valence-corrected chi connectivity index (χ1v) is 10.4. The quantitative estimate of drug-likeness (QED) is 0.704. The maximum atomic E-state index is 5.70. The van der Waals surface area contributed by atoms with E-state index in [0.29, 0.717) is 5.92 Å². The first-order valence-electron chi connectivity index (χ1n) is 10.4. The van der Waals surface area contributed by atoms with Gasteiger partial charge in [-0.1, -0.05) is 24.4 Å². The molecule has 1 saturated carbocycles. The molecule has 0 aromatic carbocycles. The van der Waals surface area contributed by atoms with Crippen molar-refractivity contribution in [3.8, 4) is 0 Å². The molecular formula is C21H31N3O3. The fourth-order valence-electron chi connectivity index (χ4n) is 4.16. The normalized spacial score (nSPS) is 19.7. The van der Waals surface area contributed by atoms with E-state index in [-0.39, 0.29) is 0 Å². The topological polar surface area (TPSA) is 54.9 Å². The van der Waals surface area contributed by atoms with Crippen molar-refractivity contribution in [2.45, 2.75) is 51.1 Å². The Kier molecular flexibility index (Phi) is 6.61. The van der Waals surface area contributed by atoms with Gasteiger partial charge in [0.1, 0.15) is 5.76 Å². The van der Waals surface area contributed by atoms with Crippen LogP contribution in [0.25, 0.3) is 0 Å². The highest BCUT2D eigenvalue weighted by atomic mass is 16.5. The van der Waals surface area contributed by atoms with E-state index in [9.17, 15) is 0 Å². The zero-order valence-corrected chi connectivity index (χ0v) is 16.1. The van der Waals surface area contributed by atoms with Gasteiger partial charge in [0.05, 0.1) is 38.3 Å². The monoisotopic (exact) mass is 373 g/mol. The second kappa shape index (κ2) is 9.53. The van der Waals surface area contributed by atoms with Gasteiger partial charge in [-0.05, 0) is 25.0 Å². The minimum atomic E-state index is 0.586. The molecule has 1 saturated heterocycles. The zero-order valence-electron chi connectivity index (χ0n) is 16.1. The summed E-state index contributed by atoms with van der Waals surface area (Å²) in [7, 11) is 0. The Balaban J connectivity index is 1.36. The summed E-state index contributed by atoms with van der Waals surface area (Å²) in [5.74, 6) is 2.54. The Morgan fingerprint density at radius 3 is 2.67 bits per heavy atom. The molecule has 1 aliphatic heterocycles. The van der Waals surface area contributed by atoms with Crippen molar-refractivity contribution in [1.82, 2.24) is 15.0 Å². The molecule has 2 fully saturated rings. The SMILES string of the molecule is c1coc(CN(CCN2CCOCC2)Cc2cc(C3CCCCC3)no2)c1. The molecule has 2 aliphatic rings. The molecule has 6 heteroatoms. The third-order valence-corrected chi connectivity index (χ3v) is 5.78. The number of furan rings is 1. The number of hydrogen-bond donors (Lipinski definition) is 0. The lowest BCUT2D eigenvalue weighted by Gasteiger charge is -2.29.